The van der Waals surface area contributed by atoms with Crippen LogP contribution in [0.4, 0.5) is 0 Å². The van der Waals surface area contributed by atoms with Crippen LogP contribution < -0.4 is 0 Å². The van der Waals surface area contributed by atoms with Gasteiger partial charge < -0.3 is 14.2 Å². The van der Waals surface area contributed by atoms with Gasteiger partial charge in [-0.1, -0.05) is 36.4 Å². The van der Waals surface area contributed by atoms with Crippen molar-refractivity contribution in [3.63, 3.8) is 0 Å². The summed E-state index contributed by atoms with van der Waals surface area (Å²) in [5.41, 5.74) is 4.77. The van der Waals surface area contributed by atoms with Crippen molar-refractivity contribution in [3.05, 3.63) is 70.8 Å². The number of hydrogen-bond acceptors (Lipinski definition) is 4. The quantitative estimate of drug-likeness (QED) is 0.725. The first kappa shape index (κ1) is 18.8. The monoisotopic (exact) mass is 392 g/mol. The van der Waals surface area contributed by atoms with E-state index in [4.69, 9.17) is 14.2 Å². The van der Waals surface area contributed by atoms with Crippen molar-refractivity contribution in [1.82, 2.24) is 0 Å². The summed E-state index contributed by atoms with van der Waals surface area (Å²) in [4.78, 5) is 12.1. The summed E-state index contributed by atoms with van der Waals surface area (Å²) in [6.07, 6.45) is 6.01. The summed E-state index contributed by atoms with van der Waals surface area (Å²) in [7, 11) is 1.44. The van der Waals surface area contributed by atoms with Crippen molar-refractivity contribution >= 4 is 5.97 Å². The lowest BCUT2D eigenvalue weighted by molar-refractivity contribution is -0.200. The van der Waals surface area contributed by atoms with Gasteiger partial charge in [0.05, 0.1) is 25.9 Å². The SMILES string of the molecule is COC(=O)c1ccc2c(c1)CCC1CC3(CCC21Cc1ccccc1)OCCO3. The lowest BCUT2D eigenvalue weighted by Crippen LogP contribution is -2.51. The number of fused-ring (bicyclic) bond motifs is 3. The summed E-state index contributed by atoms with van der Waals surface area (Å²) < 4.78 is 17.1. The van der Waals surface area contributed by atoms with Gasteiger partial charge in [0.2, 0.25) is 0 Å². The van der Waals surface area contributed by atoms with Crippen molar-refractivity contribution in [3.8, 4) is 0 Å². The van der Waals surface area contributed by atoms with Crippen molar-refractivity contribution < 1.29 is 19.0 Å². The minimum Gasteiger partial charge on any atom is -0.465 e. The summed E-state index contributed by atoms with van der Waals surface area (Å²) in [5.74, 6) is -0.137. The Morgan fingerprint density at radius 2 is 1.90 bits per heavy atom. The molecule has 1 saturated carbocycles. The van der Waals surface area contributed by atoms with E-state index in [2.05, 4.69) is 42.5 Å². The molecule has 29 heavy (non-hydrogen) atoms. The highest BCUT2D eigenvalue weighted by Crippen LogP contribution is 2.56. The van der Waals surface area contributed by atoms with Crippen LogP contribution in [0.3, 0.4) is 0 Å². The minimum absolute atomic E-state index is 0.0597. The van der Waals surface area contributed by atoms with E-state index in [0.717, 1.165) is 38.5 Å². The second kappa shape index (κ2) is 7.26. The molecule has 2 aromatic rings. The number of methoxy groups -OCH3 is 1. The van der Waals surface area contributed by atoms with Gasteiger partial charge in [0.25, 0.3) is 0 Å². The third-order valence-electron chi connectivity index (χ3n) is 7.29. The van der Waals surface area contributed by atoms with Crippen molar-refractivity contribution in [2.24, 2.45) is 5.92 Å². The summed E-state index contributed by atoms with van der Waals surface area (Å²) in [6.45, 7) is 1.41. The molecule has 152 valence electrons. The van der Waals surface area contributed by atoms with Gasteiger partial charge in [0.15, 0.2) is 5.79 Å². The van der Waals surface area contributed by atoms with E-state index in [9.17, 15) is 4.79 Å². The van der Waals surface area contributed by atoms with Gasteiger partial charge in [-0.05, 0) is 60.4 Å². The minimum atomic E-state index is -0.381. The molecule has 0 amide bonds. The van der Waals surface area contributed by atoms with Gasteiger partial charge in [-0.25, -0.2) is 4.79 Å². The predicted molar refractivity (Wildman–Crippen MR) is 110 cm³/mol. The Bertz CT molecular complexity index is 900. The first-order valence-electron chi connectivity index (χ1n) is 10.7. The molecule has 1 saturated heterocycles. The Morgan fingerprint density at radius 1 is 1.10 bits per heavy atom. The molecule has 0 radical (unpaired) electrons. The first-order valence-corrected chi connectivity index (χ1v) is 10.7. The zero-order chi connectivity index (χ0) is 19.9. The number of rotatable bonds is 3. The van der Waals surface area contributed by atoms with Crippen LogP contribution in [0.1, 0.15) is 52.7 Å². The average Bonchev–Trinajstić information content (AvgIpc) is 3.22. The maximum atomic E-state index is 12.1. The number of carbonyl (C=O) groups is 1. The van der Waals surface area contributed by atoms with Crippen LogP contribution in [0.2, 0.25) is 0 Å². The van der Waals surface area contributed by atoms with E-state index >= 15 is 0 Å². The largest absolute Gasteiger partial charge is 0.465 e. The average molecular weight is 392 g/mol. The van der Waals surface area contributed by atoms with Crippen LogP contribution in [-0.2, 0) is 32.5 Å². The van der Waals surface area contributed by atoms with Crippen molar-refractivity contribution in [1.29, 1.82) is 0 Å². The molecule has 0 N–H and O–H groups in total. The van der Waals surface area contributed by atoms with Gasteiger partial charge >= 0.3 is 5.97 Å². The molecule has 0 bridgehead atoms. The maximum Gasteiger partial charge on any atom is 0.337 e. The molecule has 1 heterocycles. The number of ether oxygens (including phenoxy) is 3. The topological polar surface area (TPSA) is 44.8 Å². The zero-order valence-corrected chi connectivity index (χ0v) is 17.0. The van der Waals surface area contributed by atoms with Crippen LogP contribution in [-0.4, -0.2) is 32.1 Å². The molecule has 2 aliphatic carbocycles. The predicted octanol–water partition coefficient (Wildman–Crippen LogP) is 4.44. The normalized spacial score (nSPS) is 27.3. The van der Waals surface area contributed by atoms with Gasteiger partial charge in [-0.2, -0.15) is 0 Å². The van der Waals surface area contributed by atoms with E-state index in [-0.39, 0.29) is 17.2 Å². The molecule has 2 atom stereocenters. The Kier molecular flexibility index (Phi) is 4.72. The van der Waals surface area contributed by atoms with E-state index in [1.165, 1.54) is 23.8 Å². The van der Waals surface area contributed by atoms with Crippen LogP contribution in [0.5, 0.6) is 0 Å². The molecule has 4 nitrogen and oxygen atoms in total. The van der Waals surface area contributed by atoms with Gasteiger partial charge in [-0.3, -0.25) is 0 Å². The molecule has 1 aliphatic heterocycles. The molecule has 4 heteroatoms. The van der Waals surface area contributed by atoms with E-state index in [1.807, 2.05) is 6.07 Å². The van der Waals surface area contributed by atoms with Gasteiger partial charge in [0, 0.05) is 18.3 Å². The summed E-state index contributed by atoms with van der Waals surface area (Å²) >= 11 is 0. The number of esters is 1. The first-order chi connectivity index (χ1) is 14.1. The van der Waals surface area contributed by atoms with Crippen molar-refractivity contribution in [2.75, 3.05) is 20.3 Å². The molecular formula is C25H28O4. The summed E-state index contributed by atoms with van der Waals surface area (Å²) in [5, 5.41) is 0. The highest BCUT2D eigenvalue weighted by atomic mass is 16.7. The lowest BCUT2D eigenvalue weighted by atomic mass is 9.54. The molecule has 1 spiro atoms. The number of hydrogen-bond donors (Lipinski definition) is 0. The Hall–Kier alpha value is -2.17. The number of aryl methyl sites for hydroxylation is 1. The lowest BCUT2D eigenvalue weighted by Gasteiger charge is -2.53. The standard InChI is InChI=1S/C25H28O4/c1-27-23(26)20-8-10-22-19(15-20)7-9-21-17-25(28-13-14-29-25)12-11-24(21,22)16-18-5-3-2-4-6-18/h2-6,8,10,15,21H,7,9,11-14,16-17H2,1H3. The fourth-order valence-electron chi connectivity index (χ4n) is 5.93. The smallest absolute Gasteiger partial charge is 0.337 e. The highest BCUT2D eigenvalue weighted by molar-refractivity contribution is 5.89. The van der Waals surface area contributed by atoms with Crippen LogP contribution in [0, 0.1) is 5.92 Å². The van der Waals surface area contributed by atoms with Crippen LogP contribution in [0.25, 0.3) is 0 Å². The Morgan fingerprint density at radius 3 is 2.66 bits per heavy atom. The molecule has 2 aromatic carbocycles. The maximum absolute atomic E-state index is 12.1. The van der Waals surface area contributed by atoms with Crippen LogP contribution >= 0.6 is 0 Å². The van der Waals surface area contributed by atoms with E-state index < -0.39 is 0 Å². The molecule has 2 fully saturated rings. The fraction of sp³-hybridized carbons (Fsp3) is 0.480. The number of benzene rings is 2. The molecule has 2 unspecified atom stereocenters. The van der Waals surface area contributed by atoms with E-state index in [0.29, 0.717) is 24.7 Å². The third-order valence-corrected chi connectivity index (χ3v) is 7.29. The number of carbonyl (C=O) groups excluding carboxylic acids is 1. The van der Waals surface area contributed by atoms with Gasteiger partial charge in [0.1, 0.15) is 0 Å². The third kappa shape index (κ3) is 3.19. The second-order valence-electron chi connectivity index (χ2n) is 8.73. The van der Waals surface area contributed by atoms with Gasteiger partial charge in [-0.15, -0.1) is 0 Å². The highest BCUT2D eigenvalue weighted by Gasteiger charge is 2.54. The fourth-order valence-corrected chi connectivity index (χ4v) is 5.93. The second-order valence-corrected chi connectivity index (χ2v) is 8.73. The summed E-state index contributed by atoms with van der Waals surface area (Å²) in [6, 6.07) is 17.0. The van der Waals surface area contributed by atoms with Crippen molar-refractivity contribution in [2.45, 2.75) is 49.7 Å². The molecular weight excluding hydrogens is 364 g/mol. The van der Waals surface area contributed by atoms with Crippen LogP contribution in [0.15, 0.2) is 48.5 Å². The zero-order valence-electron chi connectivity index (χ0n) is 17.0. The van der Waals surface area contributed by atoms with E-state index in [1.54, 1.807) is 0 Å². The molecule has 3 aliphatic rings. The Balaban J connectivity index is 1.56. The molecule has 5 rings (SSSR count). The Labute approximate surface area is 172 Å². The molecule has 0 aromatic heterocycles.